The molecule has 0 aliphatic heterocycles. The van der Waals surface area contributed by atoms with Gasteiger partial charge in [0.2, 0.25) is 5.95 Å². The number of rotatable bonds is 6. The van der Waals surface area contributed by atoms with E-state index in [0.717, 1.165) is 55.2 Å². The first kappa shape index (κ1) is 37.2. The molecule has 0 atom stereocenters. The van der Waals surface area contributed by atoms with Crippen LogP contribution < -0.4 is 0 Å². The van der Waals surface area contributed by atoms with E-state index in [1.54, 1.807) is 0 Å². The van der Waals surface area contributed by atoms with Gasteiger partial charge in [0.1, 0.15) is 0 Å². The smallest absolute Gasteiger partial charge is 0.238 e. The van der Waals surface area contributed by atoms with Crippen LogP contribution in [0.1, 0.15) is 25.0 Å². The van der Waals surface area contributed by atoms with Crippen LogP contribution in [0.5, 0.6) is 0 Å². The first-order valence-electron chi connectivity index (χ1n) is 22.3. The van der Waals surface area contributed by atoms with Crippen LogP contribution in [0.3, 0.4) is 0 Å². The van der Waals surface area contributed by atoms with E-state index in [1.807, 2.05) is 0 Å². The van der Waals surface area contributed by atoms with Gasteiger partial charge in [0, 0.05) is 43.8 Å². The summed E-state index contributed by atoms with van der Waals surface area (Å²) in [6.45, 7) is 4.63. The zero-order valence-corrected chi connectivity index (χ0v) is 35.9. The second-order valence-electron chi connectivity index (χ2n) is 17.7. The third kappa shape index (κ3) is 5.82. The van der Waals surface area contributed by atoms with Crippen LogP contribution >= 0.6 is 0 Å². The molecule has 1 aliphatic rings. The molecule has 0 saturated heterocycles. The molecule has 65 heavy (non-hydrogen) atoms. The molecule has 0 saturated carbocycles. The predicted octanol–water partition coefficient (Wildman–Crippen LogP) is 15.0. The molecule has 0 fully saturated rings. The number of aromatic nitrogens is 5. The van der Waals surface area contributed by atoms with Crippen molar-refractivity contribution in [3.8, 4) is 67.8 Å². The van der Waals surface area contributed by atoms with Crippen molar-refractivity contribution in [3.63, 3.8) is 0 Å². The SMILES string of the molecule is CC1(C)c2ccccc2-c2ccc(-c3nc(-c4cccc(-n5c6ccccc6c6cc(-c7ccccc7)ccc65)c4)nc(-n4c5ccccc5c5cc(-c6ccccc6)ccc54)n3)cc21. The molecule has 0 amide bonds. The highest BCUT2D eigenvalue weighted by atomic mass is 15.2. The van der Waals surface area contributed by atoms with Crippen molar-refractivity contribution in [1.29, 1.82) is 0 Å². The van der Waals surface area contributed by atoms with Crippen LogP contribution in [-0.2, 0) is 5.41 Å². The molecule has 9 aromatic carbocycles. The molecule has 5 nitrogen and oxygen atoms in total. The van der Waals surface area contributed by atoms with Gasteiger partial charge in [-0.2, -0.15) is 9.97 Å². The van der Waals surface area contributed by atoms with Crippen LogP contribution in [0, 0.1) is 0 Å². The molecule has 1 aliphatic carbocycles. The second kappa shape index (κ2) is 14.3. The molecule has 13 rings (SSSR count). The Morgan fingerprint density at radius 3 is 1.48 bits per heavy atom. The van der Waals surface area contributed by atoms with E-state index in [9.17, 15) is 0 Å². The fraction of sp³-hybridized carbons (Fsp3) is 0.0500. The van der Waals surface area contributed by atoms with Gasteiger partial charge < -0.3 is 4.57 Å². The maximum atomic E-state index is 5.41. The summed E-state index contributed by atoms with van der Waals surface area (Å²) in [5.41, 5.74) is 17.0. The van der Waals surface area contributed by atoms with Gasteiger partial charge in [0.15, 0.2) is 11.6 Å². The van der Waals surface area contributed by atoms with E-state index in [2.05, 4.69) is 235 Å². The Morgan fingerprint density at radius 2 is 0.815 bits per heavy atom. The van der Waals surface area contributed by atoms with Gasteiger partial charge >= 0.3 is 0 Å². The Hall–Kier alpha value is -8.41. The minimum atomic E-state index is -0.178. The van der Waals surface area contributed by atoms with Crippen molar-refractivity contribution in [2.24, 2.45) is 0 Å². The van der Waals surface area contributed by atoms with Gasteiger partial charge in [-0.25, -0.2) is 4.98 Å². The normalized spacial score (nSPS) is 12.9. The molecule has 306 valence electrons. The van der Waals surface area contributed by atoms with Crippen molar-refractivity contribution in [1.82, 2.24) is 24.1 Å². The maximum Gasteiger partial charge on any atom is 0.238 e. The minimum Gasteiger partial charge on any atom is -0.309 e. The number of fused-ring (bicyclic) bond motifs is 9. The summed E-state index contributed by atoms with van der Waals surface area (Å²) in [4.78, 5) is 16.2. The van der Waals surface area contributed by atoms with Crippen LogP contribution in [0.2, 0.25) is 0 Å². The summed E-state index contributed by atoms with van der Waals surface area (Å²) in [6.07, 6.45) is 0. The summed E-state index contributed by atoms with van der Waals surface area (Å²) in [5.74, 6) is 1.80. The van der Waals surface area contributed by atoms with E-state index in [-0.39, 0.29) is 5.41 Å². The van der Waals surface area contributed by atoms with Gasteiger partial charge in [-0.3, -0.25) is 4.57 Å². The molecule has 0 bridgehead atoms. The number of para-hydroxylation sites is 2. The zero-order valence-electron chi connectivity index (χ0n) is 35.9. The number of hydrogen-bond acceptors (Lipinski definition) is 3. The molecule has 3 heterocycles. The highest BCUT2D eigenvalue weighted by molar-refractivity contribution is 6.11. The summed E-state index contributed by atoms with van der Waals surface area (Å²) in [6, 6.07) is 76.1. The third-order valence-electron chi connectivity index (χ3n) is 13.6. The molecule has 0 N–H and O–H groups in total. The molecular weight excluding hydrogens is 791 g/mol. The van der Waals surface area contributed by atoms with E-state index in [4.69, 9.17) is 15.0 Å². The molecule has 0 spiro atoms. The Balaban J connectivity index is 1.02. The van der Waals surface area contributed by atoms with Gasteiger partial charge in [0.25, 0.3) is 0 Å². The van der Waals surface area contributed by atoms with E-state index in [0.29, 0.717) is 17.6 Å². The van der Waals surface area contributed by atoms with Gasteiger partial charge in [-0.15, -0.1) is 0 Å². The van der Waals surface area contributed by atoms with Gasteiger partial charge in [0.05, 0.1) is 22.1 Å². The number of nitrogens with zero attached hydrogens (tertiary/aromatic N) is 5. The standard InChI is InChI=1S/C60H41N5/c1-60(2)51-25-12-9-22-45(51)46-31-28-43(37-52(46)60)58-61-57(62-59(63-58)65-54-27-14-11-24-48(54)50-36-41(30-33-56(50)65)39-18-7-4-8-19-39)42-20-15-21-44(34-42)64-53-26-13-10-23-47(53)49-35-40(29-32-55(49)64)38-16-5-3-6-17-38/h3-37H,1-2H3. The van der Waals surface area contributed by atoms with Crippen molar-refractivity contribution < 1.29 is 0 Å². The average Bonchev–Trinajstić information content (AvgIpc) is 3.96. The topological polar surface area (TPSA) is 48.5 Å². The van der Waals surface area contributed by atoms with E-state index >= 15 is 0 Å². The molecule has 0 radical (unpaired) electrons. The maximum absolute atomic E-state index is 5.41. The van der Waals surface area contributed by atoms with Crippen molar-refractivity contribution >= 4 is 43.6 Å². The minimum absolute atomic E-state index is 0.178. The van der Waals surface area contributed by atoms with Gasteiger partial charge in [-0.1, -0.05) is 172 Å². The van der Waals surface area contributed by atoms with Crippen LogP contribution in [0.4, 0.5) is 0 Å². The van der Waals surface area contributed by atoms with Crippen LogP contribution in [0.15, 0.2) is 212 Å². The first-order valence-corrected chi connectivity index (χ1v) is 22.3. The predicted molar refractivity (Wildman–Crippen MR) is 268 cm³/mol. The van der Waals surface area contributed by atoms with Crippen molar-refractivity contribution in [3.05, 3.63) is 223 Å². The Labute approximate surface area is 376 Å². The third-order valence-corrected chi connectivity index (χ3v) is 13.6. The van der Waals surface area contributed by atoms with E-state index < -0.39 is 0 Å². The van der Waals surface area contributed by atoms with Crippen LogP contribution in [0.25, 0.3) is 111 Å². The second-order valence-corrected chi connectivity index (χ2v) is 17.7. The first-order chi connectivity index (χ1) is 32.0. The fourth-order valence-corrected chi connectivity index (χ4v) is 10.4. The molecule has 0 unspecified atom stereocenters. The molecular formula is C60H41N5. The monoisotopic (exact) mass is 831 g/mol. The summed E-state index contributed by atoms with van der Waals surface area (Å²) in [7, 11) is 0. The van der Waals surface area contributed by atoms with Crippen molar-refractivity contribution in [2.75, 3.05) is 0 Å². The average molecular weight is 832 g/mol. The quantitative estimate of drug-likeness (QED) is 0.168. The highest BCUT2D eigenvalue weighted by Gasteiger charge is 2.35. The summed E-state index contributed by atoms with van der Waals surface area (Å²) >= 11 is 0. The fourth-order valence-electron chi connectivity index (χ4n) is 10.4. The lowest BCUT2D eigenvalue weighted by Gasteiger charge is -2.21. The molecule has 5 heteroatoms. The Bertz CT molecular complexity index is 3860. The molecule has 3 aromatic heterocycles. The summed E-state index contributed by atoms with van der Waals surface area (Å²) < 4.78 is 4.58. The van der Waals surface area contributed by atoms with Crippen LogP contribution in [-0.4, -0.2) is 24.1 Å². The lowest BCUT2D eigenvalue weighted by Crippen LogP contribution is -2.15. The zero-order chi connectivity index (χ0) is 43.2. The Morgan fingerprint density at radius 1 is 0.323 bits per heavy atom. The van der Waals surface area contributed by atoms with E-state index in [1.165, 1.54) is 49.7 Å². The lowest BCUT2D eigenvalue weighted by molar-refractivity contribution is 0.660. The van der Waals surface area contributed by atoms with Crippen molar-refractivity contribution in [2.45, 2.75) is 19.3 Å². The number of benzene rings is 9. The summed E-state index contributed by atoms with van der Waals surface area (Å²) in [5, 5.41) is 4.70. The number of hydrogen-bond donors (Lipinski definition) is 0. The largest absolute Gasteiger partial charge is 0.309 e. The Kier molecular flexibility index (Phi) is 8.18. The lowest BCUT2D eigenvalue weighted by atomic mass is 9.82. The molecule has 12 aromatic rings. The highest BCUT2D eigenvalue weighted by Crippen LogP contribution is 2.49. The van der Waals surface area contributed by atoms with Gasteiger partial charge in [-0.05, 0) is 99.1 Å².